The van der Waals surface area contributed by atoms with Crippen LogP contribution in [0.15, 0.2) is 24.3 Å². The molecule has 21 heavy (non-hydrogen) atoms. The third kappa shape index (κ3) is 4.59. The molecule has 1 aromatic rings. The third-order valence-corrected chi connectivity index (χ3v) is 4.88. The van der Waals surface area contributed by atoms with E-state index in [4.69, 9.17) is 21.1 Å². The van der Waals surface area contributed by atoms with Gasteiger partial charge in [-0.3, -0.25) is 4.79 Å². The second-order valence-electron chi connectivity index (χ2n) is 5.23. The van der Waals surface area contributed by atoms with Crippen molar-refractivity contribution in [3.63, 3.8) is 0 Å². The number of halogens is 2. The van der Waals surface area contributed by atoms with Crippen molar-refractivity contribution in [3.05, 3.63) is 29.3 Å². The van der Waals surface area contributed by atoms with Crippen LogP contribution in [0.5, 0.6) is 5.75 Å². The molecule has 2 rings (SSSR count). The van der Waals surface area contributed by atoms with E-state index in [1.54, 1.807) is 31.2 Å². The number of amides is 1. The first-order chi connectivity index (χ1) is 10.0. The van der Waals surface area contributed by atoms with Gasteiger partial charge in [-0.1, -0.05) is 33.6 Å². The fraction of sp³-hybridized carbons (Fsp3) is 0.533. The number of carbonyl (C=O) groups is 1. The number of alkyl halides is 1. The van der Waals surface area contributed by atoms with Crippen molar-refractivity contribution < 1.29 is 14.3 Å². The fourth-order valence-electron chi connectivity index (χ4n) is 2.22. The lowest BCUT2D eigenvalue weighted by atomic mass is 9.92. The van der Waals surface area contributed by atoms with E-state index in [2.05, 4.69) is 21.2 Å². The zero-order valence-electron chi connectivity index (χ0n) is 11.9. The molecule has 1 N–H and O–H groups in total. The Morgan fingerprint density at radius 1 is 1.52 bits per heavy atom. The molecule has 0 aliphatic carbocycles. The van der Waals surface area contributed by atoms with Crippen molar-refractivity contribution in [2.75, 3.05) is 18.5 Å². The summed E-state index contributed by atoms with van der Waals surface area (Å²) in [5.74, 6) is 0.460. The van der Waals surface area contributed by atoms with Gasteiger partial charge in [-0.15, -0.1) is 0 Å². The Balaban J connectivity index is 1.95. The Bertz CT molecular complexity index is 492. The average molecular weight is 377 g/mol. The van der Waals surface area contributed by atoms with Crippen molar-refractivity contribution in [3.8, 4) is 5.75 Å². The molecule has 6 heteroatoms. The summed E-state index contributed by atoms with van der Waals surface area (Å²) in [6, 6.07) is 7.03. The van der Waals surface area contributed by atoms with Gasteiger partial charge in [0.05, 0.1) is 5.54 Å². The number of ether oxygens (including phenoxy) is 2. The van der Waals surface area contributed by atoms with Crippen LogP contribution in [0.4, 0.5) is 0 Å². The van der Waals surface area contributed by atoms with Crippen LogP contribution < -0.4 is 10.1 Å². The van der Waals surface area contributed by atoms with E-state index in [1.807, 2.05) is 0 Å². The molecule has 1 heterocycles. The number of hydrogen-bond donors (Lipinski definition) is 1. The first-order valence-corrected chi connectivity index (χ1v) is 8.43. The van der Waals surface area contributed by atoms with E-state index < -0.39 is 6.10 Å². The molecule has 0 radical (unpaired) electrons. The van der Waals surface area contributed by atoms with Crippen LogP contribution in [0.2, 0.25) is 5.02 Å². The molecule has 1 aromatic carbocycles. The Morgan fingerprint density at radius 2 is 2.24 bits per heavy atom. The van der Waals surface area contributed by atoms with E-state index in [-0.39, 0.29) is 11.4 Å². The van der Waals surface area contributed by atoms with E-state index in [0.29, 0.717) is 29.3 Å². The molecule has 0 saturated carbocycles. The van der Waals surface area contributed by atoms with E-state index in [0.717, 1.165) is 12.8 Å². The maximum Gasteiger partial charge on any atom is 0.261 e. The summed E-state index contributed by atoms with van der Waals surface area (Å²) < 4.78 is 11.0. The van der Waals surface area contributed by atoms with Gasteiger partial charge in [0, 0.05) is 23.6 Å². The summed E-state index contributed by atoms with van der Waals surface area (Å²) in [6.45, 7) is 3.06. The maximum atomic E-state index is 12.3. The molecule has 1 aliphatic heterocycles. The Hall–Kier alpha value is -0.780. The summed E-state index contributed by atoms with van der Waals surface area (Å²) in [5, 5.41) is 4.38. The second-order valence-corrected chi connectivity index (χ2v) is 6.23. The minimum Gasteiger partial charge on any atom is -0.481 e. The minimum absolute atomic E-state index is 0.128. The first-order valence-electron chi connectivity index (χ1n) is 6.93. The highest BCUT2D eigenvalue weighted by Crippen LogP contribution is 2.24. The van der Waals surface area contributed by atoms with Crippen LogP contribution in [0.1, 0.15) is 19.8 Å². The molecule has 1 aliphatic rings. The third-order valence-electron chi connectivity index (χ3n) is 3.57. The van der Waals surface area contributed by atoms with Crippen molar-refractivity contribution in [2.45, 2.75) is 31.4 Å². The Morgan fingerprint density at radius 3 is 2.86 bits per heavy atom. The average Bonchev–Trinajstić information content (AvgIpc) is 2.48. The standard InChI is InChI=1S/C15H19BrClNO3/c1-11(21-13-4-2-3-12(17)9-13)14(19)18-15(10-16)5-7-20-8-6-15/h2-4,9,11H,5-8,10H2,1H3,(H,18,19). The minimum atomic E-state index is -0.581. The van der Waals surface area contributed by atoms with Gasteiger partial charge in [-0.2, -0.15) is 0 Å². The molecule has 4 nitrogen and oxygen atoms in total. The number of hydrogen-bond acceptors (Lipinski definition) is 3. The van der Waals surface area contributed by atoms with Gasteiger partial charge in [-0.05, 0) is 38.0 Å². The van der Waals surface area contributed by atoms with Crippen molar-refractivity contribution in [1.82, 2.24) is 5.32 Å². The van der Waals surface area contributed by atoms with Crippen LogP contribution in [0.25, 0.3) is 0 Å². The number of nitrogens with one attached hydrogen (secondary N) is 1. The molecule has 1 fully saturated rings. The van der Waals surface area contributed by atoms with Crippen LogP contribution in [0, 0.1) is 0 Å². The summed E-state index contributed by atoms with van der Waals surface area (Å²) in [4.78, 5) is 12.3. The number of rotatable bonds is 5. The predicted octanol–water partition coefficient (Wildman–Crippen LogP) is 3.17. The van der Waals surface area contributed by atoms with Gasteiger partial charge < -0.3 is 14.8 Å². The molecular formula is C15H19BrClNO3. The van der Waals surface area contributed by atoms with Crippen LogP contribution in [0.3, 0.4) is 0 Å². The lowest BCUT2D eigenvalue weighted by Crippen LogP contribution is -2.56. The molecule has 1 saturated heterocycles. The van der Waals surface area contributed by atoms with Crippen molar-refractivity contribution >= 4 is 33.4 Å². The maximum absolute atomic E-state index is 12.3. The van der Waals surface area contributed by atoms with Gasteiger partial charge in [0.2, 0.25) is 0 Å². The molecule has 0 spiro atoms. The molecule has 1 unspecified atom stereocenters. The van der Waals surface area contributed by atoms with Gasteiger partial charge in [0.15, 0.2) is 6.10 Å². The van der Waals surface area contributed by atoms with Gasteiger partial charge >= 0.3 is 0 Å². The lowest BCUT2D eigenvalue weighted by molar-refractivity contribution is -0.130. The molecule has 0 bridgehead atoms. The first kappa shape index (κ1) is 16.6. The number of benzene rings is 1. The summed E-state index contributed by atoms with van der Waals surface area (Å²) in [6.07, 6.45) is 1.02. The normalized spacial score (nSPS) is 18.8. The van der Waals surface area contributed by atoms with E-state index in [1.165, 1.54) is 0 Å². The lowest BCUT2D eigenvalue weighted by Gasteiger charge is -2.37. The molecule has 1 amide bonds. The predicted molar refractivity (Wildman–Crippen MR) is 86.3 cm³/mol. The summed E-state index contributed by atoms with van der Waals surface area (Å²) >= 11 is 9.40. The summed E-state index contributed by atoms with van der Waals surface area (Å²) in [7, 11) is 0. The molecule has 1 atom stereocenters. The van der Waals surface area contributed by atoms with Crippen LogP contribution >= 0.6 is 27.5 Å². The monoisotopic (exact) mass is 375 g/mol. The zero-order chi connectivity index (χ0) is 15.3. The van der Waals surface area contributed by atoms with Crippen molar-refractivity contribution in [2.24, 2.45) is 0 Å². The molecular weight excluding hydrogens is 358 g/mol. The Labute approximate surface area is 138 Å². The smallest absolute Gasteiger partial charge is 0.261 e. The number of carbonyl (C=O) groups excluding carboxylic acids is 1. The highest BCUT2D eigenvalue weighted by Gasteiger charge is 2.34. The topological polar surface area (TPSA) is 47.6 Å². The van der Waals surface area contributed by atoms with Gasteiger partial charge in [0.25, 0.3) is 5.91 Å². The van der Waals surface area contributed by atoms with Gasteiger partial charge in [-0.25, -0.2) is 0 Å². The fourth-order valence-corrected chi connectivity index (χ4v) is 3.10. The van der Waals surface area contributed by atoms with E-state index >= 15 is 0 Å². The Kier molecular flexibility index (Phi) is 5.90. The zero-order valence-corrected chi connectivity index (χ0v) is 14.2. The highest BCUT2D eigenvalue weighted by atomic mass is 79.9. The van der Waals surface area contributed by atoms with Crippen molar-refractivity contribution in [1.29, 1.82) is 0 Å². The largest absolute Gasteiger partial charge is 0.481 e. The molecule has 0 aromatic heterocycles. The second kappa shape index (κ2) is 7.47. The van der Waals surface area contributed by atoms with Crippen LogP contribution in [-0.4, -0.2) is 36.1 Å². The van der Waals surface area contributed by atoms with Gasteiger partial charge in [0.1, 0.15) is 5.75 Å². The highest BCUT2D eigenvalue weighted by molar-refractivity contribution is 9.09. The summed E-state index contributed by atoms with van der Waals surface area (Å²) in [5.41, 5.74) is -0.249. The van der Waals surface area contributed by atoms with E-state index in [9.17, 15) is 4.79 Å². The molecule has 116 valence electrons. The SMILES string of the molecule is CC(Oc1cccc(Cl)c1)C(=O)NC1(CBr)CCOCC1. The van der Waals surface area contributed by atoms with Crippen LogP contribution in [-0.2, 0) is 9.53 Å². The quantitative estimate of drug-likeness (QED) is 0.803.